The molecule has 0 atom stereocenters. The van der Waals surface area contributed by atoms with Gasteiger partial charge in [-0.1, -0.05) is 0 Å². The van der Waals surface area contributed by atoms with Crippen LogP contribution in [0.2, 0.25) is 0 Å². The van der Waals surface area contributed by atoms with Crippen LogP contribution in [0.15, 0.2) is 0 Å². The SMILES string of the molecule is F.O=P([O-])([O-])[O-].O=P([O-])([O-])[O-].[Pb+2].[Sn+4]. The van der Waals surface area contributed by atoms with E-state index in [-0.39, 0.29) is 55.9 Å². The Labute approximate surface area is 109 Å². The molecule has 0 rings (SSSR count). The predicted octanol–water partition coefficient (Wildman–Crippen LogP) is -6.26. The summed E-state index contributed by atoms with van der Waals surface area (Å²) in [6.07, 6.45) is 0. The number of rotatable bonds is 0. The molecule has 0 saturated heterocycles. The van der Waals surface area contributed by atoms with Crippen molar-refractivity contribution in [2.45, 2.75) is 0 Å². The van der Waals surface area contributed by atoms with Gasteiger partial charge < -0.3 is 38.5 Å². The van der Waals surface area contributed by atoms with Gasteiger partial charge in [-0.3, -0.25) is 4.70 Å². The fourth-order valence-electron chi connectivity index (χ4n) is 0. The summed E-state index contributed by atoms with van der Waals surface area (Å²) in [7, 11) is -10.8. The van der Waals surface area contributed by atoms with Crippen LogP contribution in [0.4, 0.5) is 4.70 Å². The summed E-state index contributed by atoms with van der Waals surface area (Å²) in [6, 6.07) is 0. The maximum Gasteiger partial charge on any atom is 4.00 e. The number of halogens is 1. The largest absolute Gasteiger partial charge is 4.00 e. The molecule has 0 spiro atoms. The maximum absolute atomic E-state index is 8.55. The maximum atomic E-state index is 8.55. The van der Waals surface area contributed by atoms with E-state index in [9.17, 15) is 0 Å². The minimum Gasteiger partial charge on any atom is -0.822 e. The van der Waals surface area contributed by atoms with Crippen LogP contribution >= 0.6 is 15.6 Å². The van der Waals surface area contributed by atoms with Gasteiger partial charge in [-0.05, 0) is 0 Å². The van der Waals surface area contributed by atoms with E-state index in [1.807, 2.05) is 0 Å². The van der Waals surface area contributed by atoms with Gasteiger partial charge in [0.1, 0.15) is 0 Å². The molecule has 0 N–H and O–H groups in total. The molecule has 0 aliphatic heterocycles. The molecule has 0 aromatic carbocycles. The van der Waals surface area contributed by atoms with Crippen molar-refractivity contribution in [1.29, 1.82) is 0 Å². The van der Waals surface area contributed by atoms with Crippen LogP contribution in [-0.4, -0.2) is 51.2 Å². The summed E-state index contributed by atoms with van der Waals surface area (Å²) in [6.45, 7) is 0. The Morgan fingerprint density at radius 1 is 0.692 bits per heavy atom. The van der Waals surface area contributed by atoms with Gasteiger partial charge >= 0.3 is 51.2 Å². The Kier molecular flexibility index (Phi) is 27.0. The third-order valence-corrected chi connectivity index (χ3v) is 0. The summed E-state index contributed by atoms with van der Waals surface area (Å²) in [5, 5.41) is 0. The Balaban J connectivity index is -0.0000000267. The van der Waals surface area contributed by atoms with Crippen molar-refractivity contribution in [3.63, 3.8) is 0 Å². The third kappa shape index (κ3) is 558. The standard InChI is InChI=1S/FH.2H3O4P.Pb.Sn/c;2*1-5(2,3)4;;/h1H;2*(H3,1,2,3,4);;/q;;;+2;+4/p-6. The quantitative estimate of drug-likeness (QED) is 0.217. The average Bonchev–Trinajstić information content (AvgIpc) is 1.12. The van der Waals surface area contributed by atoms with Crippen LogP contribution in [0.25, 0.3) is 0 Å². The van der Waals surface area contributed by atoms with Gasteiger partial charge in [0.2, 0.25) is 0 Å². The molecular formula is HFO8P2PbSn. The second kappa shape index (κ2) is 11.9. The average molecular weight is 536 g/mol. The molecule has 2 radical (unpaired) electrons. The summed E-state index contributed by atoms with van der Waals surface area (Å²) in [4.78, 5) is 51.3. The molecule has 0 fully saturated rings. The predicted molar refractivity (Wildman–Crippen MR) is 29.2 cm³/mol. The van der Waals surface area contributed by atoms with Gasteiger partial charge in [0.05, 0.1) is 0 Å². The van der Waals surface area contributed by atoms with Crippen molar-refractivity contribution < 1.29 is 43.2 Å². The Bertz CT molecular complexity index is 134. The second-order valence-corrected chi connectivity index (χ2v) is 2.68. The first kappa shape index (κ1) is 29.4. The van der Waals surface area contributed by atoms with E-state index < -0.39 is 15.6 Å². The first-order chi connectivity index (χ1) is 4.00. The van der Waals surface area contributed by atoms with Crippen LogP contribution in [0, 0.1) is 0 Å². The molecule has 0 bridgehead atoms. The van der Waals surface area contributed by atoms with E-state index in [0.717, 1.165) is 0 Å². The zero-order valence-corrected chi connectivity index (χ0v) is 14.1. The van der Waals surface area contributed by atoms with Crippen molar-refractivity contribution in [2.24, 2.45) is 0 Å². The van der Waals surface area contributed by atoms with Gasteiger partial charge in [0.15, 0.2) is 0 Å². The smallest absolute Gasteiger partial charge is 0.822 e. The number of hydrogen-bond donors (Lipinski definition) is 0. The first-order valence-corrected chi connectivity index (χ1v) is 4.38. The van der Waals surface area contributed by atoms with E-state index in [1.165, 1.54) is 0 Å². The molecule has 13 heavy (non-hydrogen) atoms. The molecule has 0 heterocycles. The topological polar surface area (TPSA) is 172 Å². The molecule has 0 aliphatic rings. The van der Waals surface area contributed by atoms with E-state index in [4.69, 9.17) is 38.5 Å². The molecule has 0 aromatic heterocycles. The monoisotopic (exact) mass is 538 g/mol. The van der Waals surface area contributed by atoms with Crippen LogP contribution in [0.3, 0.4) is 0 Å². The minimum atomic E-state index is -5.39. The van der Waals surface area contributed by atoms with Crippen molar-refractivity contribution in [2.75, 3.05) is 0 Å². The number of phosphoric acid groups is 2. The minimum absolute atomic E-state index is 0. The van der Waals surface area contributed by atoms with Crippen LogP contribution in [0.5, 0.6) is 0 Å². The summed E-state index contributed by atoms with van der Waals surface area (Å²) < 4.78 is 17.1. The van der Waals surface area contributed by atoms with E-state index in [1.54, 1.807) is 0 Å². The molecular weight excluding hydrogens is 535 g/mol. The molecule has 0 amide bonds. The second-order valence-electron chi connectivity index (χ2n) is 0.894. The molecule has 8 nitrogen and oxygen atoms in total. The molecule has 0 saturated carbocycles. The first-order valence-electron chi connectivity index (χ1n) is 1.46. The number of hydrogen-bond acceptors (Lipinski definition) is 8. The van der Waals surface area contributed by atoms with Crippen LogP contribution in [0.1, 0.15) is 0 Å². The van der Waals surface area contributed by atoms with Crippen LogP contribution in [-0.2, 0) is 9.13 Å². The molecule has 74 valence electrons. The van der Waals surface area contributed by atoms with Gasteiger partial charge in [0, 0.05) is 0 Å². The van der Waals surface area contributed by atoms with Crippen molar-refractivity contribution in [3.05, 3.63) is 0 Å². The fourth-order valence-corrected chi connectivity index (χ4v) is 0. The molecule has 0 aliphatic carbocycles. The Morgan fingerprint density at radius 2 is 0.692 bits per heavy atom. The molecule has 0 aromatic rings. The van der Waals surface area contributed by atoms with Gasteiger partial charge in [0.25, 0.3) is 0 Å². The zero-order chi connectivity index (χ0) is 9.00. The van der Waals surface area contributed by atoms with Gasteiger partial charge in [-0.25, -0.2) is 0 Å². The summed E-state index contributed by atoms with van der Waals surface area (Å²) in [5.41, 5.74) is 0. The Morgan fingerprint density at radius 3 is 0.692 bits per heavy atom. The van der Waals surface area contributed by atoms with E-state index >= 15 is 0 Å². The van der Waals surface area contributed by atoms with Crippen molar-refractivity contribution in [3.8, 4) is 0 Å². The zero-order valence-electron chi connectivity index (χ0n) is 5.57. The van der Waals surface area contributed by atoms with Crippen LogP contribution < -0.4 is 29.4 Å². The van der Waals surface area contributed by atoms with Crippen molar-refractivity contribution >= 4 is 66.9 Å². The Hall–Kier alpha value is 1.87. The summed E-state index contributed by atoms with van der Waals surface area (Å²) in [5.74, 6) is 0. The van der Waals surface area contributed by atoms with E-state index in [2.05, 4.69) is 0 Å². The van der Waals surface area contributed by atoms with Crippen molar-refractivity contribution in [1.82, 2.24) is 0 Å². The van der Waals surface area contributed by atoms with Gasteiger partial charge in [-0.2, -0.15) is 15.6 Å². The fraction of sp³-hybridized carbons (Fsp3) is 0. The normalized spacial score (nSPS) is 9.08. The summed E-state index contributed by atoms with van der Waals surface area (Å²) >= 11 is 0. The van der Waals surface area contributed by atoms with E-state index in [0.29, 0.717) is 0 Å². The van der Waals surface area contributed by atoms with Gasteiger partial charge in [-0.15, -0.1) is 0 Å². The third-order valence-electron chi connectivity index (χ3n) is 0. The molecule has 0 unspecified atom stereocenters. The molecule has 13 heteroatoms.